The molecule has 1 aliphatic heterocycles. The van der Waals surface area contributed by atoms with Crippen molar-refractivity contribution >= 4 is 5.91 Å². The normalized spacial score (nSPS) is 16.6. The Morgan fingerprint density at radius 2 is 2.31 bits per heavy atom. The summed E-state index contributed by atoms with van der Waals surface area (Å²) in [4.78, 5) is 14.1. The van der Waals surface area contributed by atoms with Gasteiger partial charge < -0.3 is 10.2 Å². The van der Waals surface area contributed by atoms with Gasteiger partial charge in [-0.15, -0.1) is 0 Å². The molecule has 2 N–H and O–H groups in total. The van der Waals surface area contributed by atoms with Crippen LogP contribution >= 0.6 is 0 Å². The van der Waals surface area contributed by atoms with Gasteiger partial charge in [0.2, 0.25) is 0 Å². The second-order valence-electron chi connectivity index (χ2n) is 4.21. The lowest BCUT2D eigenvalue weighted by atomic mass is 10.2. The predicted molar refractivity (Wildman–Crippen MR) is 61.3 cm³/mol. The van der Waals surface area contributed by atoms with Crippen LogP contribution in [0.25, 0.3) is 0 Å². The number of aromatic nitrogens is 2. The zero-order valence-corrected chi connectivity index (χ0v) is 9.62. The maximum absolute atomic E-state index is 11.7. The van der Waals surface area contributed by atoms with Crippen molar-refractivity contribution < 1.29 is 4.79 Å². The zero-order chi connectivity index (χ0) is 11.4. The van der Waals surface area contributed by atoms with E-state index >= 15 is 0 Å². The molecule has 1 aromatic rings. The quantitative estimate of drug-likeness (QED) is 0.782. The fourth-order valence-electron chi connectivity index (χ4n) is 2.01. The van der Waals surface area contributed by atoms with Gasteiger partial charge in [-0.3, -0.25) is 9.89 Å². The molecule has 5 heteroatoms. The van der Waals surface area contributed by atoms with E-state index in [0.29, 0.717) is 12.1 Å². The largest absolute Gasteiger partial charge is 0.351 e. The summed E-state index contributed by atoms with van der Waals surface area (Å²) in [5, 5.41) is 9.50. The minimum absolute atomic E-state index is 0.0366. The van der Waals surface area contributed by atoms with Gasteiger partial charge in [-0.1, -0.05) is 0 Å². The van der Waals surface area contributed by atoms with E-state index in [9.17, 15) is 4.79 Å². The van der Waals surface area contributed by atoms with Crippen LogP contribution in [0.4, 0.5) is 0 Å². The molecule has 0 aliphatic carbocycles. The Morgan fingerprint density at radius 3 is 2.94 bits per heavy atom. The Kier molecular flexibility index (Phi) is 3.56. The first-order valence-corrected chi connectivity index (χ1v) is 5.78. The number of likely N-dealkylation sites (tertiary alicyclic amines) is 1. The van der Waals surface area contributed by atoms with E-state index in [0.717, 1.165) is 12.2 Å². The molecule has 0 saturated carbocycles. The highest BCUT2D eigenvalue weighted by atomic mass is 16.1. The average Bonchev–Trinajstić information content (AvgIpc) is 2.88. The number of aromatic amines is 1. The molecule has 0 radical (unpaired) electrons. The molecule has 1 amide bonds. The van der Waals surface area contributed by atoms with Gasteiger partial charge in [-0.2, -0.15) is 5.10 Å². The SMILES string of the molecule is Cc1[nH]ncc1C(=O)NCCN1CCCC1. The van der Waals surface area contributed by atoms with Crippen LogP contribution < -0.4 is 5.32 Å². The molecule has 1 saturated heterocycles. The molecule has 1 fully saturated rings. The smallest absolute Gasteiger partial charge is 0.254 e. The second kappa shape index (κ2) is 5.12. The van der Waals surface area contributed by atoms with Gasteiger partial charge in [-0.05, 0) is 32.9 Å². The maximum Gasteiger partial charge on any atom is 0.254 e. The topological polar surface area (TPSA) is 61.0 Å². The van der Waals surface area contributed by atoms with Crippen molar-refractivity contribution in [1.82, 2.24) is 20.4 Å². The highest BCUT2D eigenvalue weighted by Gasteiger charge is 2.13. The number of rotatable bonds is 4. The van der Waals surface area contributed by atoms with Crippen molar-refractivity contribution in [2.24, 2.45) is 0 Å². The summed E-state index contributed by atoms with van der Waals surface area (Å²) >= 11 is 0. The monoisotopic (exact) mass is 222 g/mol. The summed E-state index contributed by atoms with van der Waals surface area (Å²) in [7, 11) is 0. The van der Waals surface area contributed by atoms with Crippen molar-refractivity contribution in [1.29, 1.82) is 0 Å². The average molecular weight is 222 g/mol. The molecule has 5 nitrogen and oxygen atoms in total. The third-order valence-electron chi connectivity index (χ3n) is 2.99. The summed E-state index contributed by atoms with van der Waals surface area (Å²) < 4.78 is 0. The Hall–Kier alpha value is -1.36. The molecule has 88 valence electrons. The van der Waals surface area contributed by atoms with Gasteiger partial charge in [0.25, 0.3) is 5.91 Å². The predicted octanol–water partition coefficient (Wildman–Crippen LogP) is 0.544. The highest BCUT2D eigenvalue weighted by Crippen LogP contribution is 2.06. The third kappa shape index (κ3) is 2.61. The fraction of sp³-hybridized carbons (Fsp3) is 0.636. The minimum atomic E-state index is -0.0366. The molecule has 1 aromatic heterocycles. The second-order valence-corrected chi connectivity index (χ2v) is 4.21. The molecule has 0 unspecified atom stereocenters. The molecule has 2 heterocycles. The number of nitrogens with one attached hydrogen (secondary N) is 2. The molecule has 2 rings (SSSR count). The van der Waals surface area contributed by atoms with Crippen LogP contribution in [-0.2, 0) is 0 Å². The van der Waals surface area contributed by atoms with Crippen molar-refractivity contribution in [3.05, 3.63) is 17.5 Å². The highest BCUT2D eigenvalue weighted by molar-refractivity contribution is 5.94. The van der Waals surface area contributed by atoms with Crippen LogP contribution in [0, 0.1) is 6.92 Å². The van der Waals surface area contributed by atoms with Gasteiger partial charge in [0.1, 0.15) is 0 Å². The van der Waals surface area contributed by atoms with Crippen molar-refractivity contribution in [2.45, 2.75) is 19.8 Å². The van der Waals surface area contributed by atoms with E-state index in [-0.39, 0.29) is 5.91 Å². The van der Waals surface area contributed by atoms with Crippen molar-refractivity contribution in [2.75, 3.05) is 26.2 Å². The summed E-state index contributed by atoms with van der Waals surface area (Å²) in [5.41, 5.74) is 1.46. The van der Waals surface area contributed by atoms with E-state index in [4.69, 9.17) is 0 Å². The number of hydrogen-bond acceptors (Lipinski definition) is 3. The first-order chi connectivity index (χ1) is 7.77. The molecule has 0 spiro atoms. The first kappa shape index (κ1) is 11.1. The van der Waals surface area contributed by atoms with E-state index in [1.807, 2.05) is 6.92 Å². The van der Waals surface area contributed by atoms with Gasteiger partial charge in [-0.25, -0.2) is 0 Å². The van der Waals surface area contributed by atoms with E-state index < -0.39 is 0 Å². The van der Waals surface area contributed by atoms with Gasteiger partial charge in [0.15, 0.2) is 0 Å². The Labute approximate surface area is 95.2 Å². The maximum atomic E-state index is 11.7. The van der Waals surface area contributed by atoms with Crippen LogP contribution in [0.3, 0.4) is 0 Å². The summed E-state index contributed by atoms with van der Waals surface area (Å²) in [6.45, 7) is 5.84. The van der Waals surface area contributed by atoms with Gasteiger partial charge in [0.05, 0.1) is 11.8 Å². The molecule has 0 aromatic carbocycles. The van der Waals surface area contributed by atoms with Crippen LogP contribution in [-0.4, -0.2) is 47.2 Å². The molecule has 0 bridgehead atoms. The molecule has 16 heavy (non-hydrogen) atoms. The minimum Gasteiger partial charge on any atom is -0.351 e. The van der Waals surface area contributed by atoms with Crippen LogP contribution in [0.1, 0.15) is 28.9 Å². The Balaban J connectivity index is 1.73. The van der Waals surface area contributed by atoms with Crippen LogP contribution in [0.2, 0.25) is 0 Å². The number of carbonyl (C=O) groups excluding carboxylic acids is 1. The van der Waals surface area contributed by atoms with E-state index in [2.05, 4.69) is 20.4 Å². The number of aryl methyl sites for hydroxylation is 1. The van der Waals surface area contributed by atoms with Gasteiger partial charge in [0, 0.05) is 18.8 Å². The number of H-pyrrole nitrogens is 1. The van der Waals surface area contributed by atoms with E-state index in [1.165, 1.54) is 25.9 Å². The number of carbonyl (C=O) groups is 1. The van der Waals surface area contributed by atoms with Crippen LogP contribution in [0.15, 0.2) is 6.20 Å². The van der Waals surface area contributed by atoms with Crippen LogP contribution in [0.5, 0.6) is 0 Å². The fourth-order valence-corrected chi connectivity index (χ4v) is 2.01. The Morgan fingerprint density at radius 1 is 1.56 bits per heavy atom. The summed E-state index contributed by atoms with van der Waals surface area (Å²) in [5.74, 6) is -0.0366. The first-order valence-electron chi connectivity index (χ1n) is 5.78. The lowest BCUT2D eigenvalue weighted by Crippen LogP contribution is -2.33. The van der Waals surface area contributed by atoms with E-state index in [1.54, 1.807) is 6.20 Å². The number of hydrogen-bond donors (Lipinski definition) is 2. The van der Waals surface area contributed by atoms with Crippen molar-refractivity contribution in [3.63, 3.8) is 0 Å². The zero-order valence-electron chi connectivity index (χ0n) is 9.62. The summed E-state index contributed by atoms with van der Waals surface area (Å²) in [6, 6.07) is 0. The lowest BCUT2D eigenvalue weighted by molar-refractivity contribution is 0.0949. The molecular formula is C11H18N4O. The third-order valence-corrected chi connectivity index (χ3v) is 2.99. The molecule has 0 atom stereocenters. The van der Waals surface area contributed by atoms with Crippen molar-refractivity contribution in [3.8, 4) is 0 Å². The number of amides is 1. The standard InChI is InChI=1S/C11H18N4O/c1-9-10(8-13-14-9)11(16)12-4-7-15-5-2-3-6-15/h8H,2-7H2,1H3,(H,12,16)(H,13,14). The number of nitrogens with zero attached hydrogens (tertiary/aromatic N) is 2. The Bertz CT molecular complexity index is 355. The molecular weight excluding hydrogens is 204 g/mol. The molecule has 1 aliphatic rings. The summed E-state index contributed by atoms with van der Waals surface area (Å²) in [6.07, 6.45) is 4.14. The lowest BCUT2D eigenvalue weighted by Gasteiger charge is -2.14. The van der Waals surface area contributed by atoms with Gasteiger partial charge >= 0.3 is 0 Å².